The molecule has 3 heteroatoms. The number of thiophene rings is 1. The van der Waals surface area contributed by atoms with Gasteiger partial charge in [-0.1, -0.05) is 49.4 Å². The number of benzene rings is 2. The predicted octanol–water partition coefficient (Wildman–Crippen LogP) is 5.28. The van der Waals surface area contributed by atoms with Crippen LogP contribution in [0.15, 0.2) is 76.9 Å². The summed E-state index contributed by atoms with van der Waals surface area (Å²) in [5, 5.41) is 3.85. The third-order valence-electron chi connectivity index (χ3n) is 4.29. The molecule has 0 aliphatic rings. The molecule has 118 valence electrons. The maximum Gasteiger partial charge on any atom is 0.263 e. The molecule has 0 fully saturated rings. The summed E-state index contributed by atoms with van der Waals surface area (Å²) < 4.78 is 1.85. The normalized spacial score (nSPS) is 11.0. The first-order valence-electron chi connectivity index (χ1n) is 8.06. The molecule has 0 aliphatic carbocycles. The van der Waals surface area contributed by atoms with E-state index >= 15 is 0 Å². The van der Waals surface area contributed by atoms with Crippen molar-refractivity contribution < 1.29 is 0 Å². The summed E-state index contributed by atoms with van der Waals surface area (Å²) in [5.41, 5.74) is 3.02. The summed E-state index contributed by atoms with van der Waals surface area (Å²) >= 11 is 1.66. The van der Waals surface area contributed by atoms with Crippen LogP contribution in [0.5, 0.6) is 0 Å². The molecule has 4 rings (SSSR count). The van der Waals surface area contributed by atoms with Crippen molar-refractivity contribution in [1.29, 1.82) is 0 Å². The van der Waals surface area contributed by atoms with Crippen LogP contribution in [-0.2, 0) is 6.42 Å². The van der Waals surface area contributed by atoms with Crippen molar-refractivity contribution in [2.24, 2.45) is 0 Å². The third-order valence-corrected chi connectivity index (χ3v) is 5.19. The second kappa shape index (κ2) is 6.10. The van der Waals surface area contributed by atoms with Crippen LogP contribution in [-0.4, -0.2) is 4.57 Å². The SMILES string of the molecule is CCc1cc2cccc(-c3cccs3)c2c(=O)n1-c1ccccc1. The van der Waals surface area contributed by atoms with Crippen LogP contribution in [0.2, 0.25) is 0 Å². The minimum absolute atomic E-state index is 0.0551. The van der Waals surface area contributed by atoms with Crippen LogP contribution < -0.4 is 5.56 Å². The molecule has 0 unspecified atom stereocenters. The van der Waals surface area contributed by atoms with Gasteiger partial charge in [0.1, 0.15) is 0 Å². The zero-order valence-corrected chi connectivity index (χ0v) is 14.2. The molecule has 0 amide bonds. The van der Waals surface area contributed by atoms with E-state index in [9.17, 15) is 4.79 Å². The summed E-state index contributed by atoms with van der Waals surface area (Å²) in [4.78, 5) is 14.5. The molecule has 0 N–H and O–H groups in total. The topological polar surface area (TPSA) is 22.0 Å². The van der Waals surface area contributed by atoms with E-state index in [0.717, 1.165) is 39.0 Å². The summed E-state index contributed by atoms with van der Waals surface area (Å²) in [6.45, 7) is 2.09. The number of para-hydroxylation sites is 1. The van der Waals surface area contributed by atoms with Crippen LogP contribution in [0, 0.1) is 0 Å². The summed E-state index contributed by atoms with van der Waals surface area (Å²) in [5.74, 6) is 0. The van der Waals surface area contributed by atoms with Gasteiger partial charge in [0, 0.05) is 21.8 Å². The van der Waals surface area contributed by atoms with Crippen molar-refractivity contribution in [2.75, 3.05) is 0 Å². The zero-order chi connectivity index (χ0) is 16.5. The fourth-order valence-corrected chi connectivity index (χ4v) is 3.93. The Morgan fingerprint density at radius 1 is 0.958 bits per heavy atom. The molecular formula is C21H17NOS. The number of nitrogens with zero attached hydrogens (tertiary/aromatic N) is 1. The molecule has 2 nitrogen and oxygen atoms in total. The van der Waals surface area contributed by atoms with Gasteiger partial charge in [-0.25, -0.2) is 0 Å². The first-order valence-corrected chi connectivity index (χ1v) is 8.94. The first kappa shape index (κ1) is 14.9. The summed E-state index contributed by atoms with van der Waals surface area (Å²) in [6, 6.07) is 22.2. The fourth-order valence-electron chi connectivity index (χ4n) is 3.17. The number of aromatic nitrogens is 1. The van der Waals surface area contributed by atoms with E-state index < -0.39 is 0 Å². The van der Waals surface area contributed by atoms with Gasteiger partial charge in [-0.05, 0) is 41.5 Å². The number of pyridine rings is 1. The first-order chi connectivity index (χ1) is 11.8. The maximum absolute atomic E-state index is 13.4. The fraction of sp³-hybridized carbons (Fsp3) is 0.0952. The van der Waals surface area contributed by atoms with E-state index in [4.69, 9.17) is 0 Å². The minimum atomic E-state index is 0.0551. The Morgan fingerprint density at radius 3 is 2.50 bits per heavy atom. The highest BCUT2D eigenvalue weighted by Gasteiger charge is 2.14. The highest BCUT2D eigenvalue weighted by Crippen LogP contribution is 2.30. The van der Waals surface area contributed by atoms with E-state index in [1.54, 1.807) is 11.3 Å². The smallest absolute Gasteiger partial charge is 0.263 e. The average Bonchev–Trinajstić information content (AvgIpc) is 3.16. The third kappa shape index (κ3) is 2.38. The number of hydrogen-bond donors (Lipinski definition) is 0. The Balaban J connectivity index is 2.12. The summed E-state index contributed by atoms with van der Waals surface area (Å²) in [7, 11) is 0. The predicted molar refractivity (Wildman–Crippen MR) is 102 cm³/mol. The second-order valence-electron chi connectivity index (χ2n) is 5.71. The van der Waals surface area contributed by atoms with Crippen molar-refractivity contribution in [3.05, 3.63) is 88.2 Å². The van der Waals surface area contributed by atoms with Crippen molar-refractivity contribution in [1.82, 2.24) is 4.57 Å². The van der Waals surface area contributed by atoms with Crippen LogP contribution in [0.1, 0.15) is 12.6 Å². The molecule has 4 aromatic rings. The van der Waals surface area contributed by atoms with Gasteiger partial charge in [-0.3, -0.25) is 9.36 Å². The molecule has 0 atom stereocenters. The monoisotopic (exact) mass is 331 g/mol. The van der Waals surface area contributed by atoms with Gasteiger partial charge in [0.2, 0.25) is 0 Å². The van der Waals surface area contributed by atoms with Crippen molar-refractivity contribution in [3.63, 3.8) is 0 Å². The van der Waals surface area contributed by atoms with E-state index in [2.05, 4.69) is 19.1 Å². The minimum Gasteiger partial charge on any atom is -0.281 e. The Kier molecular flexibility index (Phi) is 3.79. The van der Waals surface area contributed by atoms with Crippen LogP contribution in [0.25, 0.3) is 26.9 Å². The van der Waals surface area contributed by atoms with Gasteiger partial charge in [0.15, 0.2) is 0 Å². The van der Waals surface area contributed by atoms with Gasteiger partial charge >= 0.3 is 0 Å². The van der Waals surface area contributed by atoms with Crippen molar-refractivity contribution in [3.8, 4) is 16.1 Å². The Morgan fingerprint density at radius 2 is 1.79 bits per heavy atom. The zero-order valence-electron chi connectivity index (χ0n) is 13.4. The van der Waals surface area contributed by atoms with Crippen LogP contribution in [0.3, 0.4) is 0 Å². The lowest BCUT2D eigenvalue weighted by molar-refractivity contribution is 0.889. The molecular weight excluding hydrogens is 314 g/mol. The van der Waals surface area contributed by atoms with Gasteiger partial charge in [-0.2, -0.15) is 0 Å². The molecule has 2 aromatic carbocycles. The Labute approximate surface area is 144 Å². The van der Waals surface area contributed by atoms with Gasteiger partial charge < -0.3 is 0 Å². The Bertz CT molecular complexity index is 1050. The van der Waals surface area contributed by atoms with Gasteiger partial charge in [0.05, 0.1) is 5.39 Å². The molecule has 0 bridgehead atoms. The Hall–Kier alpha value is -2.65. The highest BCUT2D eigenvalue weighted by molar-refractivity contribution is 7.13. The van der Waals surface area contributed by atoms with Gasteiger partial charge in [0.25, 0.3) is 5.56 Å². The number of aryl methyl sites for hydroxylation is 1. The number of rotatable bonds is 3. The van der Waals surface area contributed by atoms with E-state index in [1.165, 1.54) is 0 Å². The molecule has 0 saturated heterocycles. The largest absolute Gasteiger partial charge is 0.281 e. The van der Waals surface area contributed by atoms with Crippen molar-refractivity contribution >= 4 is 22.1 Å². The average molecular weight is 331 g/mol. The molecule has 0 saturated carbocycles. The highest BCUT2D eigenvalue weighted by atomic mass is 32.1. The van der Waals surface area contributed by atoms with Crippen LogP contribution in [0.4, 0.5) is 0 Å². The molecule has 0 radical (unpaired) electrons. The molecule has 0 spiro atoms. The number of fused-ring (bicyclic) bond motifs is 1. The lowest BCUT2D eigenvalue weighted by Crippen LogP contribution is -2.22. The quantitative estimate of drug-likeness (QED) is 0.500. The maximum atomic E-state index is 13.4. The molecule has 0 aliphatic heterocycles. The van der Waals surface area contributed by atoms with Gasteiger partial charge in [-0.15, -0.1) is 11.3 Å². The summed E-state index contributed by atoms with van der Waals surface area (Å²) in [6.07, 6.45) is 0.809. The van der Waals surface area contributed by atoms with Crippen molar-refractivity contribution in [2.45, 2.75) is 13.3 Å². The van der Waals surface area contributed by atoms with E-state index in [0.29, 0.717) is 0 Å². The lowest BCUT2D eigenvalue weighted by Gasteiger charge is -2.15. The molecule has 2 aromatic heterocycles. The molecule has 2 heterocycles. The molecule has 24 heavy (non-hydrogen) atoms. The lowest BCUT2D eigenvalue weighted by atomic mass is 10.0. The standard InChI is InChI=1S/C21H17NOS/c1-2-16-14-15-8-6-11-18(19-12-7-13-24-19)20(15)21(23)22(16)17-9-4-3-5-10-17/h3-14H,2H2,1H3. The van der Waals surface area contributed by atoms with Crippen LogP contribution >= 0.6 is 11.3 Å². The second-order valence-corrected chi connectivity index (χ2v) is 6.66. The van der Waals surface area contributed by atoms with E-state index in [-0.39, 0.29) is 5.56 Å². The van der Waals surface area contributed by atoms with E-state index in [1.807, 2.05) is 64.5 Å². The number of hydrogen-bond acceptors (Lipinski definition) is 2.